The van der Waals surface area contributed by atoms with Crippen molar-refractivity contribution in [2.45, 2.75) is 3.37 Å². The van der Waals surface area contributed by atoms with Gasteiger partial charge in [-0.15, -0.1) is 12.6 Å². The molecular weight excluding hydrogens is 178 g/mol. The van der Waals surface area contributed by atoms with Crippen LogP contribution in [-0.2, 0) is 0 Å². The molecule has 0 bridgehead atoms. The molecular formula is CHBrClFS. The number of hydrogen-bond donors (Lipinski definition) is 1. The van der Waals surface area contributed by atoms with Gasteiger partial charge in [-0.25, -0.2) is 4.39 Å². The molecule has 0 fully saturated rings. The third-order valence-corrected chi connectivity index (χ3v) is 0. The van der Waals surface area contributed by atoms with Crippen LogP contribution in [0.25, 0.3) is 0 Å². The van der Waals surface area contributed by atoms with E-state index in [1.54, 1.807) is 0 Å². The van der Waals surface area contributed by atoms with E-state index in [-0.39, 0.29) is 0 Å². The number of thiol groups is 1. The first-order valence-corrected chi connectivity index (χ1v) is 2.41. The van der Waals surface area contributed by atoms with Crippen molar-refractivity contribution in [3.8, 4) is 0 Å². The summed E-state index contributed by atoms with van der Waals surface area (Å²) in [6.07, 6.45) is 0. The van der Waals surface area contributed by atoms with Crippen molar-refractivity contribution in [1.82, 2.24) is 0 Å². The first-order valence-electron chi connectivity index (χ1n) is 0.791. The standard InChI is InChI=1S/CHBrClFS/c2-1(3,4)5/h5H. The lowest BCUT2D eigenvalue weighted by atomic mass is 11.8. The molecule has 1 atom stereocenters. The van der Waals surface area contributed by atoms with Gasteiger partial charge >= 0.3 is 0 Å². The van der Waals surface area contributed by atoms with Crippen LogP contribution in [0.15, 0.2) is 0 Å². The van der Waals surface area contributed by atoms with E-state index in [1.165, 1.54) is 0 Å². The molecule has 0 N–H and O–H groups in total. The highest BCUT2D eigenvalue weighted by Gasteiger charge is 2.10. The molecule has 0 saturated heterocycles. The maximum absolute atomic E-state index is 11.2. The summed E-state index contributed by atoms with van der Waals surface area (Å²) in [6, 6.07) is 0. The summed E-state index contributed by atoms with van der Waals surface area (Å²) in [7, 11) is 0. The predicted molar refractivity (Wildman–Crippen MR) is 27.6 cm³/mol. The van der Waals surface area contributed by atoms with E-state index < -0.39 is 3.37 Å². The molecule has 5 heavy (non-hydrogen) atoms. The fourth-order valence-corrected chi connectivity index (χ4v) is 0. The summed E-state index contributed by atoms with van der Waals surface area (Å²) in [5.74, 6) is 0. The van der Waals surface area contributed by atoms with Crippen molar-refractivity contribution < 1.29 is 4.39 Å². The highest BCUT2D eigenvalue weighted by molar-refractivity contribution is 9.12. The molecule has 0 radical (unpaired) electrons. The monoisotopic (exact) mass is 178 g/mol. The van der Waals surface area contributed by atoms with E-state index >= 15 is 0 Å². The molecule has 0 aromatic heterocycles. The Balaban J connectivity index is 3.02. The largest absolute Gasteiger partial charge is 0.281 e. The van der Waals surface area contributed by atoms with Gasteiger partial charge in [0.15, 0.2) is 0 Å². The Hall–Kier alpha value is 1.05. The number of rotatable bonds is 0. The summed E-state index contributed by atoms with van der Waals surface area (Å²) < 4.78 is 9.21. The first kappa shape index (κ1) is 6.05. The van der Waals surface area contributed by atoms with E-state index in [4.69, 9.17) is 0 Å². The van der Waals surface area contributed by atoms with Gasteiger partial charge in [0.2, 0.25) is 0 Å². The molecule has 32 valence electrons. The summed E-state index contributed by atoms with van der Waals surface area (Å²) >= 11 is 10.1. The Morgan fingerprint density at radius 1 is 2.00 bits per heavy atom. The third kappa shape index (κ3) is 42.6. The van der Waals surface area contributed by atoms with Gasteiger partial charge in [-0.3, -0.25) is 0 Å². The van der Waals surface area contributed by atoms with Crippen LogP contribution in [-0.4, -0.2) is 3.37 Å². The van der Waals surface area contributed by atoms with Crippen molar-refractivity contribution in [2.24, 2.45) is 0 Å². The van der Waals surface area contributed by atoms with Crippen LogP contribution < -0.4 is 0 Å². The van der Waals surface area contributed by atoms with Crippen LogP contribution >= 0.6 is 40.2 Å². The summed E-state index contributed by atoms with van der Waals surface area (Å²) in [4.78, 5) is 0. The maximum Gasteiger partial charge on any atom is 0.281 e. The van der Waals surface area contributed by atoms with Crippen LogP contribution in [0.3, 0.4) is 0 Å². The van der Waals surface area contributed by atoms with Crippen LogP contribution in [0.5, 0.6) is 0 Å². The Morgan fingerprint density at radius 3 is 2.00 bits per heavy atom. The molecule has 1 unspecified atom stereocenters. The van der Waals surface area contributed by atoms with Gasteiger partial charge in [0.25, 0.3) is 3.37 Å². The zero-order valence-corrected chi connectivity index (χ0v) is 5.32. The maximum atomic E-state index is 11.2. The smallest absolute Gasteiger partial charge is 0.201 e. The Kier molecular flexibility index (Phi) is 2.02. The second-order valence-corrected chi connectivity index (χ2v) is 4.03. The van der Waals surface area contributed by atoms with Gasteiger partial charge in [-0.1, -0.05) is 11.6 Å². The molecule has 0 nitrogen and oxygen atoms in total. The number of halogens is 3. The van der Waals surface area contributed by atoms with Crippen LogP contribution in [0.4, 0.5) is 4.39 Å². The Labute approximate surface area is 48.2 Å². The SMILES string of the molecule is FC(S)(Cl)Br. The molecule has 0 amide bonds. The lowest BCUT2D eigenvalue weighted by molar-refractivity contribution is 0.536. The van der Waals surface area contributed by atoms with Gasteiger partial charge in [-0.05, 0) is 15.9 Å². The number of hydrogen-bond acceptors (Lipinski definition) is 1. The minimum absolute atomic E-state index is 2.02. The van der Waals surface area contributed by atoms with Gasteiger partial charge in [0.05, 0.1) is 0 Å². The molecule has 0 aliphatic rings. The quantitative estimate of drug-likeness (QED) is 0.427. The zero-order valence-electron chi connectivity index (χ0n) is 2.08. The van der Waals surface area contributed by atoms with Gasteiger partial charge < -0.3 is 0 Å². The fourth-order valence-electron chi connectivity index (χ4n) is 0. The number of alkyl halides is 3. The molecule has 4 heteroatoms. The van der Waals surface area contributed by atoms with Crippen molar-refractivity contribution in [3.63, 3.8) is 0 Å². The summed E-state index contributed by atoms with van der Waals surface area (Å²) in [5, 5.41) is 0. The van der Waals surface area contributed by atoms with Crippen LogP contribution in [0.1, 0.15) is 0 Å². The molecule has 0 saturated carbocycles. The zero-order chi connectivity index (χ0) is 4.50. The highest BCUT2D eigenvalue weighted by Crippen LogP contribution is 2.28. The molecule has 0 spiro atoms. The minimum Gasteiger partial charge on any atom is -0.201 e. The second kappa shape index (κ2) is 1.67. The summed E-state index contributed by atoms with van der Waals surface area (Å²) in [6.45, 7) is 0. The van der Waals surface area contributed by atoms with E-state index in [1.807, 2.05) is 0 Å². The van der Waals surface area contributed by atoms with Crippen molar-refractivity contribution in [3.05, 3.63) is 0 Å². The molecule has 0 rings (SSSR count). The van der Waals surface area contributed by atoms with Crippen molar-refractivity contribution in [1.29, 1.82) is 0 Å². The Morgan fingerprint density at radius 2 is 2.00 bits per heavy atom. The van der Waals surface area contributed by atoms with E-state index in [2.05, 4.69) is 40.2 Å². The second-order valence-electron chi connectivity index (χ2n) is 0.468. The van der Waals surface area contributed by atoms with Crippen LogP contribution in [0, 0.1) is 0 Å². The average molecular weight is 179 g/mol. The minimum atomic E-state index is -2.02. The normalized spacial score (nSPS) is 21.6. The topological polar surface area (TPSA) is 0 Å². The summed E-state index contributed by atoms with van der Waals surface area (Å²) in [5.41, 5.74) is 0. The van der Waals surface area contributed by atoms with Crippen molar-refractivity contribution >= 4 is 40.2 Å². The van der Waals surface area contributed by atoms with Gasteiger partial charge in [-0.2, -0.15) is 0 Å². The van der Waals surface area contributed by atoms with Gasteiger partial charge in [0, 0.05) is 0 Å². The molecule has 0 aliphatic carbocycles. The van der Waals surface area contributed by atoms with Crippen molar-refractivity contribution in [2.75, 3.05) is 0 Å². The first-order chi connectivity index (χ1) is 2.00. The highest BCUT2D eigenvalue weighted by atomic mass is 79.9. The molecule has 0 aromatic carbocycles. The van der Waals surface area contributed by atoms with E-state index in [9.17, 15) is 4.39 Å². The Bertz CT molecular complexity index is 27.1. The molecule has 0 aliphatic heterocycles. The molecule has 0 heterocycles. The molecule has 0 aromatic rings. The average Bonchev–Trinajstić information content (AvgIpc) is 0.722. The predicted octanol–water partition coefficient (Wildman–Crippen LogP) is 2.13. The van der Waals surface area contributed by atoms with E-state index in [0.29, 0.717) is 0 Å². The van der Waals surface area contributed by atoms with Crippen LogP contribution in [0.2, 0.25) is 0 Å². The van der Waals surface area contributed by atoms with Gasteiger partial charge in [0.1, 0.15) is 0 Å². The third-order valence-electron chi connectivity index (χ3n) is 0. The lowest BCUT2D eigenvalue weighted by Crippen LogP contribution is -1.83. The fraction of sp³-hybridized carbons (Fsp3) is 1.00. The lowest BCUT2D eigenvalue weighted by Gasteiger charge is -1.92. The van der Waals surface area contributed by atoms with E-state index in [0.717, 1.165) is 0 Å².